The van der Waals surface area contributed by atoms with Crippen molar-refractivity contribution in [3.8, 4) is 0 Å². The van der Waals surface area contributed by atoms with Crippen LogP contribution in [0.2, 0.25) is 0 Å². The third kappa shape index (κ3) is 70.5. The molecule has 0 bridgehead atoms. The standard InChI is InChI=1S/C77H150O17P2/c1-6-9-12-15-17-19-21-23-25-27-29-30-31-33-35-37-39-43-47-52-57-62-76(81)94-73(67-88-75(80)61-56-51-46-42-38-36-34-32-28-26-24-22-20-18-16-13-10-7-2)69-92-96(85,86)90-65-71(78)64-89-95(83,84)91-68-72(66-87-74(79)60-55-49-14-11-8-3)93-77(82)63-58-53-48-44-40-41-45-50-54-59-70(4)5/h70-73,78H,6-69H2,1-5H3,(H,83,84)(H,85,86)/t71-,72+,73+/m0/s1. The van der Waals surface area contributed by atoms with E-state index < -0.39 is 97.5 Å². The summed E-state index contributed by atoms with van der Waals surface area (Å²) in [5.74, 6) is -1.39. The Hall–Kier alpha value is -1.94. The molecule has 0 aromatic heterocycles. The summed E-state index contributed by atoms with van der Waals surface area (Å²) < 4.78 is 68.3. The molecule has 3 N–H and O–H groups in total. The Morgan fingerprint density at radius 3 is 0.708 bits per heavy atom. The van der Waals surface area contributed by atoms with Crippen molar-refractivity contribution in [2.24, 2.45) is 5.92 Å². The van der Waals surface area contributed by atoms with E-state index in [1.165, 1.54) is 225 Å². The highest BCUT2D eigenvalue weighted by Gasteiger charge is 2.30. The van der Waals surface area contributed by atoms with Crippen LogP contribution in [0, 0.1) is 5.92 Å². The molecule has 0 aliphatic rings. The molecule has 96 heavy (non-hydrogen) atoms. The molecule has 0 aromatic rings. The summed E-state index contributed by atoms with van der Waals surface area (Å²) in [5.41, 5.74) is 0. The molecule has 0 aliphatic carbocycles. The Kier molecular flexibility index (Phi) is 68.7. The highest BCUT2D eigenvalue weighted by molar-refractivity contribution is 7.47. The quantitative estimate of drug-likeness (QED) is 0.0222. The molecule has 5 atom stereocenters. The summed E-state index contributed by atoms with van der Waals surface area (Å²) in [6.45, 7) is 7.18. The molecule has 0 radical (unpaired) electrons. The predicted octanol–water partition coefficient (Wildman–Crippen LogP) is 22.9. The summed E-state index contributed by atoms with van der Waals surface area (Å²) in [5, 5.41) is 10.6. The third-order valence-corrected chi connectivity index (χ3v) is 19.9. The van der Waals surface area contributed by atoms with Crippen LogP contribution < -0.4 is 0 Å². The molecule has 2 unspecified atom stereocenters. The van der Waals surface area contributed by atoms with Gasteiger partial charge in [-0.2, -0.15) is 0 Å². The molecule has 0 amide bonds. The fourth-order valence-electron chi connectivity index (χ4n) is 11.9. The van der Waals surface area contributed by atoms with Gasteiger partial charge >= 0.3 is 39.5 Å². The molecule has 0 rings (SSSR count). The van der Waals surface area contributed by atoms with Gasteiger partial charge in [-0.1, -0.05) is 356 Å². The van der Waals surface area contributed by atoms with E-state index in [0.29, 0.717) is 25.7 Å². The first-order chi connectivity index (χ1) is 46.5. The molecule has 19 heteroatoms. The lowest BCUT2D eigenvalue weighted by atomic mass is 10.0. The molecule has 17 nitrogen and oxygen atoms in total. The summed E-state index contributed by atoms with van der Waals surface area (Å²) in [4.78, 5) is 72.5. The van der Waals surface area contributed by atoms with Gasteiger partial charge in [0.25, 0.3) is 0 Å². The number of phosphoric acid groups is 2. The second-order valence-corrected chi connectivity index (χ2v) is 31.1. The second-order valence-electron chi connectivity index (χ2n) is 28.2. The first-order valence-corrected chi connectivity index (χ1v) is 43.1. The van der Waals surface area contributed by atoms with Crippen molar-refractivity contribution in [2.75, 3.05) is 39.6 Å². The number of aliphatic hydroxyl groups excluding tert-OH is 1. The van der Waals surface area contributed by atoms with Gasteiger partial charge in [0.15, 0.2) is 12.2 Å². The van der Waals surface area contributed by atoms with Crippen molar-refractivity contribution >= 4 is 39.5 Å². The van der Waals surface area contributed by atoms with Crippen LogP contribution in [-0.2, 0) is 65.4 Å². The third-order valence-electron chi connectivity index (χ3n) is 18.0. The van der Waals surface area contributed by atoms with E-state index in [2.05, 4.69) is 34.6 Å². The minimum atomic E-state index is -4.96. The lowest BCUT2D eigenvalue weighted by molar-refractivity contribution is -0.161. The number of carbonyl (C=O) groups excluding carboxylic acids is 4. The van der Waals surface area contributed by atoms with Gasteiger partial charge in [-0.05, 0) is 31.6 Å². The van der Waals surface area contributed by atoms with Gasteiger partial charge in [0.2, 0.25) is 0 Å². The van der Waals surface area contributed by atoms with Crippen molar-refractivity contribution in [1.29, 1.82) is 0 Å². The predicted molar refractivity (Wildman–Crippen MR) is 391 cm³/mol. The summed E-state index contributed by atoms with van der Waals surface area (Å²) in [7, 11) is -9.90. The largest absolute Gasteiger partial charge is 0.472 e. The van der Waals surface area contributed by atoms with Gasteiger partial charge in [0.1, 0.15) is 19.3 Å². The van der Waals surface area contributed by atoms with Gasteiger partial charge < -0.3 is 33.8 Å². The number of aliphatic hydroxyl groups is 1. The van der Waals surface area contributed by atoms with Gasteiger partial charge in [0.05, 0.1) is 26.4 Å². The molecule has 0 fully saturated rings. The van der Waals surface area contributed by atoms with E-state index in [-0.39, 0.29) is 25.7 Å². The van der Waals surface area contributed by atoms with Crippen molar-refractivity contribution in [1.82, 2.24) is 0 Å². The Morgan fingerprint density at radius 1 is 0.281 bits per heavy atom. The van der Waals surface area contributed by atoms with E-state index in [1.807, 2.05) is 0 Å². The van der Waals surface area contributed by atoms with E-state index >= 15 is 0 Å². The normalized spacial score (nSPS) is 13.9. The van der Waals surface area contributed by atoms with Crippen LogP contribution in [-0.4, -0.2) is 96.7 Å². The average molecular weight is 1410 g/mol. The second kappa shape index (κ2) is 70.1. The maximum absolute atomic E-state index is 13.1. The molecule has 0 saturated carbocycles. The number of phosphoric ester groups is 2. The van der Waals surface area contributed by atoms with Gasteiger partial charge in [-0.15, -0.1) is 0 Å². The lowest BCUT2D eigenvalue weighted by Crippen LogP contribution is -2.30. The molecule has 0 aliphatic heterocycles. The number of carbonyl (C=O) groups is 4. The molecule has 0 spiro atoms. The zero-order valence-corrected chi connectivity index (χ0v) is 64.3. The zero-order valence-electron chi connectivity index (χ0n) is 62.5. The van der Waals surface area contributed by atoms with Crippen LogP contribution in [0.1, 0.15) is 407 Å². The SMILES string of the molecule is CCCCCCCCCCCCCCCCCCCCCCCC(=O)O[C@H](COC(=O)CCCCCCCCCCCCCCCCCCCC)COP(=O)(O)OC[C@@H](O)COP(=O)(O)OC[C@@H](COC(=O)CCCCCCC)OC(=O)CCCCCCCCCCCC(C)C. The minimum absolute atomic E-state index is 0.105. The van der Waals surface area contributed by atoms with Crippen LogP contribution in [0.3, 0.4) is 0 Å². The Labute approximate surface area is 588 Å². The highest BCUT2D eigenvalue weighted by Crippen LogP contribution is 2.45. The Balaban J connectivity index is 5.12. The van der Waals surface area contributed by atoms with Crippen molar-refractivity contribution in [3.63, 3.8) is 0 Å². The van der Waals surface area contributed by atoms with Crippen molar-refractivity contribution in [2.45, 2.75) is 425 Å². The number of rotatable bonds is 77. The van der Waals surface area contributed by atoms with Gasteiger partial charge in [-0.25, -0.2) is 9.13 Å². The van der Waals surface area contributed by atoms with Crippen molar-refractivity contribution < 1.29 is 80.2 Å². The monoisotopic (exact) mass is 1410 g/mol. The van der Waals surface area contributed by atoms with Crippen LogP contribution in [0.5, 0.6) is 0 Å². The van der Waals surface area contributed by atoms with E-state index in [1.54, 1.807) is 0 Å². The first-order valence-electron chi connectivity index (χ1n) is 40.1. The molecular formula is C77H150O17P2. The fraction of sp³-hybridized carbons (Fsp3) is 0.948. The van der Waals surface area contributed by atoms with Crippen LogP contribution >= 0.6 is 15.6 Å². The average Bonchev–Trinajstić information content (AvgIpc) is 1.49. The van der Waals surface area contributed by atoms with Gasteiger partial charge in [0, 0.05) is 25.7 Å². The van der Waals surface area contributed by atoms with Crippen LogP contribution in [0.15, 0.2) is 0 Å². The topological polar surface area (TPSA) is 237 Å². The smallest absolute Gasteiger partial charge is 0.462 e. The Bertz CT molecular complexity index is 1840. The lowest BCUT2D eigenvalue weighted by Gasteiger charge is -2.21. The maximum atomic E-state index is 13.1. The molecule has 570 valence electrons. The number of esters is 4. The Morgan fingerprint density at radius 2 is 0.479 bits per heavy atom. The number of ether oxygens (including phenoxy) is 4. The van der Waals surface area contributed by atoms with Crippen LogP contribution in [0.4, 0.5) is 0 Å². The number of hydrogen-bond donors (Lipinski definition) is 3. The van der Waals surface area contributed by atoms with E-state index in [0.717, 1.165) is 102 Å². The van der Waals surface area contributed by atoms with E-state index in [4.69, 9.17) is 37.0 Å². The van der Waals surface area contributed by atoms with Crippen LogP contribution in [0.25, 0.3) is 0 Å². The summed E-state index contributed by atoms with van der Waals surface area (Å²) in [6, 6.07) is 0. The maximum Gasteiger partial charge on any atom is 0.472 e. The fourth-order valence-corrected chi connectivity index (χ4v) is 13.5. The number of unbranched alkanes of at least 4 members (excludes halogenated alkanes) is 49. The van der Waals surface area contributed by atoms with Gasteiger partial charge in [-0.3, -0.25) is 37.3 Å². The first kappa shape index (κ1) is 94.1. The highest BCUT2D eigenvalue weighted by atomic mass is 31.2. The minimum Gasteiger partial charge on any atom is -0.462 e. The van der Waals surface area contributed by atoms with Crippen molar-refractivity contribution in [3.05, 3.63) is 0 Å². The van der Waals surface area contributed by atoms with E-state index in [9.17, 15) is 43.2 Å². The summed E-state index contributed by atoms with van der Waals surface area (Å²) in [6.07, 6.45) is 60.3. The molecule has 0 aromatic carbocycles. The zero-order chi connectivity index (χ0) is 70.5. The summed E-state index contributed by atoms with van der Waals surface area (Å²) >= 11 is 0. The molecular weight excluding hydrogens is 1260 g/mol. The number of hydrogen-bond acceptors (Lipinski definition) is 15. The molecule has 0 heterocycles. The molecule has 0 saturated heterocycles.